The Bertz CT molecular complexity index is 480. The van der Waals surface area contributed by atoms with E-state index in [0.717, 1.165) is 37.7 Å². The molecule has 5 heteroatoms. The molecule has 0 aromatic carbocycles. The van der Waals surface area contributed by atoms with Crippen molar-refractivity contribution in [2.45, 2.75) is 13.8 Å². The fourth-order valence-electron chi connectivity index (χ4n) is 2.17. The molecular formula is C15H21N3O2. The Kier molecular flexibility index (Phi) is 4.98. The summed E-state index contributed by atoms with van der Waals surface area (Å²) in [6, 6.07) is 5.94. The van der Waals surface area contributed by atoms with E-state index in [2.05, 4.69) is 9.88 Å². The highest BCUT2D eigenvalue weighted by molar-refractivity contribution is 5.73. The molecule has 0 atom stereocenters. The minimum absolute atomic E-state index is 0.144. The molecule has 1 aromatic heterocycles. The molecule has 1 aromatic rings. The van der Waals surface area contributed by atoms with Gasteiger partial charge in [-0.2, -0.15) is 0 Å². The van der Waals surface area contributed by atoms with Gasteiger partial charge in [0.2, 0.25) is 5.91 Å². The van der Waals surface area contributed by atoms with Gasteiger partial charge in [0.25, 0.3) is 0 Å². The molecule has 2 heterocycles. The summed E-state index contributed by atoms with van der Waals surface area (Å²) in [5, 5.41) is 0. The molecule has 1 fully saturated rings. The molecule has 2 rings (SSSR count). The smallest absolute Gasteiger partial charge is 0.219 e. The number of nitrogens with zero attached hydrogens (tertiary/aromatic N) is 3. The predicted octanol–water partition coefficient (Wildman–Crippen LogP) is 1.76. The number of pyridine rings is 1. The summed E-state index contributed by atoms with van der Waals surface area (Å²) in [7, 11) is 0. The van der Waals surface area contributed by atoms with Gasteiger partial charge in [0.05, 0.1) is 18.6 Å². The number of amides is 1. The molecule has 1 saturated heterocycles. The Morgan fingerprint density at radius 3 is 2.75 bits per heavy atom. The van der Waals surface area contributed by atoms with Crippen molar-refractivity contribution in [1.82, 2.24) is 9.88 Å². The van der Waals surface area contributed by atoms with Gasteiger partial charge in [-0.15, -0.1) is 0 Å². The monoisotopic (exact) mass is 275 g/mol. The van der Waals surface area contributed by atoms with Crippen LogP contribution in [-0.2, 0) is 9.53 Å². The number of rotatable bonds is 4. The maximum Gasteiger partial charge on any atom is 0.219 e. The molecule has 0 unspecified atom stereocenters. The summed E-state index contributed by atoms with van der Waals surface area (Å²) in [5.41, 5.74) is 0.880. The van der Waals surface area contributed by atoms with Crippen molar-refractivity contribution >= 4 is 17.8 Å². The lowest BCUT2D eigenvalue weighted by Crippen LogP contribution is -2.48. The molecule has 0 aliphatic carbocycles. The van der Waals surface area contributed by atoms with Gasteiger partial charge in [0.15, 0.2) is 0 Å². The Morgan fingerprint density at radius 1 is 1.35 bits per heavy atom. The minimum atomic E-state index is 0.144. The number of piperazine rings is 1. The highest BCUT2D eigenvalue weighted by Crippen LogP contribution is 2.15. The van der Waals surface area contributed by atoms with Crippen LogP contribution in [0.15, 0.2) is 24.5 Å². The average molecular weight is 275 g/mol. The van der Waals surface area contributed by atoms with Gasteiger partial charge in [-0.3, -0.25) is 4.79 Å². The molecule has 1 aliphatic rings. The molecule has 108 valence electrons. The number of anilines is 1. The lowest BCUT2D eigenvalue weighted by molar-refractivity contribution is -0.129. The van der Waals surface area contributed by atoms with Crippen LogP contribution >= 0.6 is 0 Å². The molecule has 0 N–H and O–H groups in total. The fourth-order valence-corrected chi connectivity index (χ4v) is 2.17. The van der Waals surface area contributed by atoms with E-state index in [4.69, 9.17) is 4.74 Å². The van der Waals surface area contributed by atoms with Gasteiger partial charge in [-0.1, -0.05) is 6.07 Å². The average Bonchev–Trinajstić information content (AvgIpc) is 2.48. The van der Waals surface area contributed by atoms with Crippen LogP contribution in [-0.4, -0.2) is 48.6 Å². The van der Waals surface area contributed by atoms with Crippen LogP contribution in [0.4, 0.5) is 5.82 Å². The third-order valence-corrected chi connectivity index (χ3v) is 3.31. The highest BCUT2D eigenvalue weighted by Gasteiger charge is 2.19. The lowest BCUT2D eigenvalue weighted by atomic mass is 10.3. The van der Waals surface area contributed by atoms with E-state index in [1.54, 1.807) is 13.2 Å². The Labute approximate surface area is 119 Å². The number of carbonyl (C=O) groups excluding carboxylic acids is 1. The van der Waals surface area contributed by atoms with E-state index in [1.165, 1.54) is 0 Å². The number of aromatic nitrogens is 1. The van der Waals surface area contributed by atoms with Gasteiger partial charge in [-0.05, 0) is 25.1 Å². The lowest BCUT2D eigenvalue weighted by Gasteiger charge is -2.35. The third-order valence-electron chi connectivity index (χ3n) is 3.31. The van der Waals surface area contributed by atoms with Crippen molar-refractivity contribution < 1.29 is 9.53 Å². The third kappa shape index (κ3) is 3.73. The molecule has 1 aliphatic heterocycles. The zero-order chi connectivity index (χ0) is 14.4. The quantitative estimate of drug-likeness (QED) is 0.786. The first-order chi connectivity index (χ1) is 9.70. The van der Waals surface area contributed by atoms with Crippen molar-refractivity contribution in [2.75, 3.05) is 37.7 Å². The maximum atomic E-state index is 11.3. The Morgan fingerprint density at radius 2 is 2.10 bits per heavy atom. The summed E-state index contributed by atoms with van der Waals surface area (Å²) in [6.45, 7) is 7.39. The predicted molar refractivity (Wildman–Crippen MR) is 79.4 cm³/mol. The van der Waals surface area contributed by atoms with E-state index in [1.807, 2.05) is 36.1 Å². The van der Waals surface area contributed by atoms with E-state index in [-0.39, 0.29) is 5.91 Å². The van der Waals surface area contributed by atoms with Crippen LogP contribution in [0.1, 0.15) is 19.5 Å². The summed E-state index contributed by atoms with van der Waals surface area (Å²) < 4.78 is 5.18. The summed E-state index contributed by atoms with van der Waals surface area (Å²) >= 11 is 0. The first kappa shape index (κ1) is 14.4. The highest BCUT2D eigenvalue weighted by atomic mass is 16.5. The Hall–Kier alpha value is -2.04. The zero-order valence-electron chi connectivity index (χ0n) is 12.1. The molecule has 20 heavy (non-hydrogen) atoms. The van der Waals surface area contributed by atoms with Gasteiger partial charge in [0, 0.05) is 33.1 Å². The number of carbonyl (C=O) groups is 1. The maximum absolute atomic E-state index is 11.3. The first-order valence-electron chi connectivity index (χ1n) is 6.96. The molecule has 0 spiro atoms. The van der Waals surface area contributed by atoms with Crippen molar-refractivity contribution in [2.24, 2.45) is 0 Å². The normalized spacial score (nSPS) is 15.7. The van der Waals surface area contributed by atoms with Crippen LogP contribution in [0.25, 0.3) is 6.08 Å². The standard InChI is InChI=1S/C15H21N3O2/c1-3-20-12-7-14-5-4-6-15(16-14)18-10-8-17(9-11-18)13(2)19/h4-7,12H,3,8-11H2,1-2H3. The minimum Gasteiger partial charge on any atom is -0.501 e. The first-order valence-corrected chi connectivity index (χ1v) is 6.96. The van der Waals surface area contributed by atoms with Crippen molar-refractivity contribution in [3.05, 3.63) is 30.2 Å². The number of ether oxygens (including phenoxy) is 1. The SMILES string of the molecule is CCOC=Cc1cccc(N2CCN(C(C)=O)CC2)n1. The second kappa shape index (κ2) is 6.93. The summed E-state index contributed by atoms with van der Waals surface area (Å²) in [6.07, 6.45) is 3.53. The van der Waals surface area contributed by atoms with Crippen LogP contribution in [0.3, 0.4) is 0 Å². The van der Waals surface area contributed by atoms with Crippen LogP contribution in [0, 0.1) is 0 Å². The van der Waals surface area contributed by atoms with Crippen molar-refractivity contribution in [1.29, 1.82) is 0 Å². The second-order valence-corrected chi connectivity index (χ2v) is 4.67. The summed E-state index contributed by atoms with van der Waals surface area (Å²) in [4.78, 5) is 20.0. The molecule has 0 radical (unpaired) electrons. The zero-order valence-corrected chi connectivity index (χ0v) is 12.1. The largest absolute Gasteiger partial charge is 0.501 e. The van der Waals surface area contributed by atoms with Gasteiger partial charge < -0.3 is 14.5 Å². The van der Waals surface area contributed by atoms with Crippen LogP contribution < -0.4 is 4.90 Å². The van der Waals surface area contributed by atoms with Gasteiger partial charge >= 0.3 is 0 Å². The van der Waals surface area contributed by atoms with E-state index < -0.39 is 0 Å². The molecule has 0 bridgehead atoms. The molecule has 0 saturated carbocycles. The van der Waals surface area contributed by atoms with E-state index in [0.29, 0.717) is 6.61 Å². The molecule has 1 amide bonds. The van der Waals surface area contributed by atoms with Crippen LogP contribution in [0.5, 0.6) is 0 Å². The second-order valence-electron chi connectivity index (χ2n) is 4.67. The number of hydrogen-bond donors (Lipinski definition) is 0. The van der Waals surface area contributed by atoms with Gasteiger partial charge in [-0.25, -0.2) is 4.98 Å². The van der Waals surface area contributed by atoms with E-state index >= 15 is 0 Å². The topological polar surface area (TPSA) is 45.7 Å². The van der Waals surface area contributed by atoms with Crippen molar-refractivity contribution in [3.8, 4) is 0 Å². The van der Waals surface area contributed by atoms with Gasteiger partial charge in [0.1, 0.15) is 5.82 Å². The fraction of sp³-hybridized carbons (Fsp3) is 0.467. The van der Waals surface area contributed by atoms with Crippen molar-refractivity contribution in [3.63, 3.8) is 0 Å². The molecule has 5 nitrogen and oxygen atoms in total. The molecular weight excluding hydrogens is 254 g/mol. The van der Waals surface area contributed by atoms with Crippen LogP contribution in [0.2, 0.25) is 0 Å². The summed E-state index contributed by atoms with van der Waals surface area (Å²) in [5.74, 6) is 1.10. The van der Waals surface area contributed by atoms with E-state index in [9.17, 15) is 4.79 Å². The number of hydrogen-bond acceptors (Lipinski definition) is 4. The Balaban J connectivity index is 1.99.